The molecule has 2 aromatic carbocycles. The van der Waals surface area contributed by atoms with Crippen molar-refractivity contribution in [2.24, 2.45) is 5.10 Å². The first-order valence-corrected chi connectivity index (χ1v) is 8.94. The van der Waals surface area contributed by atoms with Gasteiger partial charge >= 0.3 is 0 Å². The van der Waals surface area contributed by atoms with Crippen molar-refractivity contribution in [2.45, 2.75) is 6.54 Å². The Hall–Kier alpha value is -4.81. The highest BCUT2D eigenvalue weighted by atomic mass is 16.6. The van der Waals surface area contributed by atoms with Gasteiger partial charge in [-0.05, 0) is 11.6 Å². The van der Waals surface area contributed by atoms with Crippen molar-refractivity contribution < 1.29 is 24.5 Å². The third-order valence-corrected chi connectivity index (χ3v) is 4.25. The van der Waals surface area contributed by atoms with Crippen LogP contribution in [-0.4, -0.2) is 44.0 Å². The quantitative estimate of drug-likeness (QED) is 0.304. The van der Waals surface area contributed by atoms with Gasteiger partial charge < -0.3 is 9.84 Å². The molecule has 3 rings (SSSR count). The maximum Gasteiger partial charge on any atom is 0.291 e. The number of non-ortho nitro benzene ring substituents is 2. The molecule has 0 aliphatic carbocycles. The Labute approximate surface area is 179 Å². The lowest BCUT2D eigenvalue weighted by Gasteiger charge is -2.05. The van der Waals surface area contributed by atoms with E-state index in [1.54, 1.807) is 18.3 Å². The van der Waals surface area contributed by atoms with Gasteiger partial charge in [0.05, 0.1) is 35.8 Å². The fourth-order valence-electron chi connectivity index (χ4n) is 2.67. The number of phenolic OH excluding ortho intramolecular Hbond substituents is 1. The van der Waals surface area contributed by atoms with Crippen molar-refractivity contribution in [3.05, 3.63) is 85.7 Å². The number of rotatable bonds is 8. The molecule has 0 saturated carbocycles. The van der Waals surface area contributed by atoms with Crippen LogP contribution in [0.15, 0.2) is 53.8 Å². The summed E-state index contributed by atoms with van der Waals surface area (Å²) < 4.78 is 6.36. The smallest absolute Gasteiger partial charge is 0.291 e. The second-order valence-corrected chi connectivity index (χ2v) is 6.36. The maximum atomic E-state index is 12.2. The lowest BCUT2D eigenvalue weighted by atomic mass is 10.2. The summed E-state index contributed by atoms with van der Waals surface area (Å²) in [4.78, 5) is 32.8. The van der Waals surface area contributed by atoms with Crippen molar-refractivity contribution >= 4 is 23.5 Å². The van der Waals surface area contributed by atoms with Crippen LogP contribution in [0.4, 0.5) is 11.4 Å². The Bertz CT molecular complexity index is 1200. The number of aromatic nitrogens is 2. The second kappa shape index (κ2) is 9.34. The van der Waals surface area contributed by atoms with Crippen LogP contribution >= 0.6 is 0 Å². The average Bonchev–Trinajstić information content (AvgIpc) is 3.23. The molecule has 0 bridgehead atoms. The average molecular weight is 440 g/mol. The number of carbonyl (C=O) groups is 1. The minimum Gasteiger partial charge on any atom is -0.504 e. The van der Waals surface area contributed by atoms with Gasteiger partial charge in [0.15, 0.2) is 17.2 Å². The van der Waals surface area contributed by atoms with Crippen molar-refractivity contribution in [2.75, 3.05) is 7.11 Å². The van der Waals surface area contributed by atoms with Crippen LogP contribution in [0, 0.1) is 20.2 Å². The van der Waals surface area contributed by atoms with Gasteiger partial charge in [-0.1, -0.05) is 12.1 Å². The highest BCUT2D eigenvalue weighted by Gasteiger charge is 2.16. The van der Waals surface area contributed by atoms with Crippen LogP contribution in [0.2, 0.25) is 0 Å². The van der Waals surface area contributed by atoms with Gasteiger partial charge in [-0.3, -0.25) is 29.7 Å². The van der Waals surface area contributed by atoms with Crippen LogP contribution in [0.1, 0.15) is 21.6 Å². The molecule has 0 atom stereocenters. The number of nitrogens with zero attached hydrogens (tertiary/aromatic N) is 5. The molecular formula is C19H16N6O7. The number of benzene rings is 2. The molecule has 0 spiro atoms. The molecule has 13 heteroatoms. The molecule has 0 radical (unpaired) electrons. The van der Waals surface area contributed by atoms with Gasteiger partial charge in [-0.25, -0.2) is 5.43 Å². The molecule has 1 amide bonds. The molecule has 0 saturated heterocycles. The minimum absolute atomic E-state index is 0.0277. The predicted molar refractivity (Wildman–Crippen MR) is 111 cm³/mol. The highest BCUT2D eigenvalue weighted by Crippen LogP contribution is 2.33. The summed E-state index contributed by atoms with van der Waals surface area (Å²) in [6, 6.07) is 9.51. The van der Waals surface area contributed by atoms with Crippen LogP contribution in [-0.2, 0) is 6.54 Å². The molecule has 0 aliphatic rings. The molecule has 3 aromatic rings. The van der Waals surface area contributed by atoms with Gasteiger partial charge in [0, 0.05) is 30.0 Å². The van der Waals surface area contributed by atoms with Gasteiger partial charge in [0.2, 0.25) is 0 Å². The summed E-state index contributed by atoms with van der Waals surface area (Å²) in [6.45, 7) is 0.288. The molecule has 0 unspecified atom stereocenters. The highest BCUT2D eigenvalue weighted by molar-refractivity contribution is 5.93. The van der Waals surface area contributed by atoms with E-state index in [4.69, 9.17) is 4.74 Å². The van der Waals surface area contributed by atoms with Gasteiger partial charge in [-0.2, -0.15) is 10.2 Å². The Morgan fingerprint density at radius 3 is 2.50 bits per heavy atom. The minimum atomic E-state index is -0.657. The summed E-state index contributed by atoms with van der Waals surface area (Å²) in [5, 5.41) is 39.6. The number of phenols is 1. The fraction of sp³-hybridized carbons (Fsp3) is 0.105. The lowest BCUT2D eigenvalue weighted by molar-refractivity contribution is -0.385. The molecule has 0 aliphatic heterocycles. The molecular weight excluding hydrogens is 424 g/mol. The van der Waals surface area contributed by atoms with E-state index in [2.05, 4.69) is 15.6 Å². The largest absolute Gasteiger partial charge is 0.504 e. The topological polar surface area (TPSA) is 175 Å². The number of aromatic hydroxyl groups is 1. The fourth-order valence-corrected chi connectivity index (χ4v) is 2.67. The van der Waals surface area contributed by atoms with E-state index in [1.165, 1.54) is 30.0 Å². The first-order chi connectivity index (χ1) is 15.3. The lowest BCUT2D eigenvalue weighted by Crippen LogP contribution is -2.18. The van der Waals surface area contributed by atoms with E-state index < -0.39 is 15.8 Å². The van der Waals surface area contributed by atoms with Crippen LogP contribution in [0.5, 0.6) is 11.5 Å². The van der Waals surface area contributed by atoms with E-state index in [-0.39, 0.29) is 40.7 Å². The number of nitrogens with one attached hydrogen (secondary N) is 1. The number of nitro groups is 2. The second-order valence-electron chi connectivity index (χ2n) is 6.36. The van der Waals surface area contributed by atoms with Gasteiger partial charge in [0.1, 0.15) is 0 Å². The first kappa shape index (κ1) is 21.9. The Kier molecular flexibility index (Phi) is 6.39. The zero-order chi connectivity index (χ0) is 23.3. The summed E-state index contributed by atoms with van der Waals surface area (Å²) in [5.74, 6) is -1.14. The van der Waals surface area contributed by atoms with E-state index in [1.807, 2.05) is 0 Å². The third-order valence-electron chi connectivity index (χ3n) is 4.25. The van der Waals surface area contributed by atoms with E-state index in [0.717, 1.165) is 23.9 Å². The Balaban J connectivity index is 1.66. The number of amides is 1. The zero-order valence-electron chi connectivity index (χ0n) is 16.5. The molecule has 2 N–H and O–H groups in total. The summed E-state index contributed by atoms with van der Waals surface area (Å²) >= 11 is 0. The maximum absolute atomic E-state index is 12.2. The van der Waals surface area contributed by atoms with E-state index >= 15 is 0 Å². The molecule has 1 heterocycles. The monoisotopic (exact) mass is 440 g/mol. The Morgan fingerprint density at radius 2 is 1.88 bits per heavy atom. The van der Waals surface area contributed by atoms with Crippen LogP contribution < -0.4 is 10.2 Å². The summed E-state index contributed by atoms with van der Waals surface area (Å²) in [5.41, 5.74) is 2.63. The SMILES string of the molecule is COc1cc([N+](=O)[O-])cc(C=NNC(=O)c2ccn(Cc3ccc([N+](=O)[O-])cc3)n2)c1O. The summed E-state index contributed by atoms with van der Waals surface area (Å²) in [6.07, 6.45) is 2.59. The third kappa shape index (κ3) is 5.02. The van der Waals surface area contributed by atoms with Crippen molar-refractivity contribution in [3.8, 4) is 11.5 Å². The molecule has 32 heavy (non-hydrogen) atoms. The number of methoxy groups -OCH3 is 1. The molecule has 1 aromatic heterocycles. The van der Waals surface area contributed by atoms with Crippen LogP contribution in [0.3, 0.4) is 0 Å². The number of carbonyl (C=O) groups excluding carboxylic acids is 1. The van der Waals surface area contributed by atoms with Crippen molar-refractivity contribution in [1.82, 2.24) is 15.2 Å². The number of hydrogen-bond acceptors (Lipinski definition) is 9. The van der Waals surface area contributed by atoms with Crippen LogP contribution in [0.25, 0.3) is 0 Å². The predicted octanol–water partition coefficient (Wildman–Crippen LogP) is 2.23. The molecule has 164 valence electrons. The molecule has 0 fully saturated rings. The van der Waals surface area contributed by atoms with Gasteiger partial charge in [0.25, 0.3) is 17.3 Å². The normalized spacial score (nSPS) is 10.8. The number of ether oxygens (including phenoxy) is 1. The van der Waals surface area contributed by atoms with Crippen molar-refractivity contribution in [1.29, 1.82) is 0 Å². The van der Waals surface area contributed by atoms with E-state index in [0.29, 0.717) is 0 Å². The standard InChI is InChI=1S/C19H16N6O7/c1-32-17-9-15(25(30)31)8-13(18(17)26)10-20-21-19(27)16-6-7-23(22-16)11-12-2-4-14(5-3-12)24(28)29/h2-10,26H,11H2,1H3,(H,21,27). The Morgan fingerprint density at radius 1 is 1.19 bits per heavy atom. The number of hydrazone groups is 1. The van der Waals surface area contributed by atoms with E-state index in [9.17, 15) is 30.1 Å². The summed E-state index contributed by atoms with van der Waals surface area (Å²) in [7, 11) is 1.24. The van der Waals surface area contributed by atoms with Crippen molar-refractivity contribution in [3.63, 3.8) is 0 Å². The number of nitro benzene ring substituents is 2. The first-order valence-electron chi connectivity index (χ1n) is 8.94. The number of hydrogen-bond donors (Lipinski definition) is 2. The zero-order valence-corrected chi connectivity index (χ0v) is 16.5. The van der Waals surface area contributed by atoms with Gasteiger partial charge in [-0.15, -0.1) is 0 Å². The molecule has 13 nitrogen and oxygen atoms in total.